The van der Waals surface area contributed by atoms with Crippen LogP contribution in [0.15, 0.2) is 72.9 Å². The predicted molar refractivity (Wildman–Crippen MR) is 254 cm³/mol. The number of phosphoric acid groups is 1. The summed E-state index contributed by atoms with van der Waals surface area (Å²) in [5, 5.41) is 8.92. The Kier molecular flexibility index (Phi) is 43.5. The third-order valence-corrected chi connectivity index (χ3v) is 10.9. The number of esters is 1. The number of carbonyl (C=O) groups is 2. The van der Waals surface area contributed by atoms with Gasteiger partial charge in [-0.1, -0.05) is 177 Å². The highest BCUT2D eigenvalue weighted by Crippen LogP contribution is 2.43. The molecule has 3 unspecified atom stereocenters. The second-order valence-corrected chi connectivity index (χ2v) is 17.3. The summed E-state index contributed by atoms with van der Waals surface area (Å²) >= 11 is 0. The van der Waals surface area contributed by atoms with Crippen LogP contribution in [0.5, 0.6) is 0 Å². The third kappa shape index (κ3) is 45.3. The molecule has 352 valence electrons. The maximum Gasteiger partial charge on any atom is 0.472 e. The summed E-state index contributed by atoms with van der Waals surface area (Å²) < 4.78 is 33.4. The Morgan fingerprint density at radius 2 is 0.951 bits per heavy atom. The topological polar surface area (TPSA) is 155 Å². The van der Waals surface area contributed by atoms with Gasteiger partial charge in [0.15, 0.2) is 0 Å². The van der Waals surface area contributed by atoms with Gasteiger partial charge in [0.05, 0.1) is 19.8 Å². The van der Waals surface area contributed by atoms with Crippen molar-refractivity contribution < 1.29 is 42.7 Å². The van der Waals surface area contributed by atoms with Crippen LogP contribution in [0.25, 0.3) is 0 Å². The fraction of sp³-hybridized carbons (Fsp3) is 0.720. The van der Waals surface area contributed by atoms with Crippen molar-refractivity contribution in [1.29, 1.82) is 0 Å². The first-order valence-corrected chi connectivity index (χ1v) is 25.5. The highest BCUT2D eigenvalue weighted by Gasteiger charge is 2.27. The Balaban J connectivity index is 4.22. The smallest absolute Gasteiger partial charge is 0.472 e. The molecule has 0 fully saturated rings. The van der Waals surface area contributed by atoms with E-state index in [2.05, 4.69) is 86.8 Å². The maximum atomic E-state index is 12.7. The minimum absolute atomic E-state index is 0.00558. The van der Waals surface area contributed by atoms with Crippen molar-refractivity contribution in [1.82, 2.24) is 0 Å². The number of carbonyl (C=O) groups excluding carboxylic acids is 1. The Morgan fingerprint density at radius 3 is 1.43 bits per heavy atom. The molecule has 0 spiro atoms. The maximum absolute atomic E-state index is 12.7. The average molecular weight is 878 g/mol. The molecule has 0 aromatic heterocycles. The van der Waals surface area contributed by atoms with E-state index in [1.807, 2.05) is 0 Å². The number of nitrogens with two attached hydrogens (primary N) is 1. The molecule has 61 heavy (non-hydrogen) atoms. The van der Waals surface area contributed by atoms with Gasteiger partial charge in [0.25, 0.3) is 0 Å². The number of aliphatic carboxylic acids is 1. The molecule has 0 aliphatic heterocycles. The number of phosphoric ester groups is 1. The number of hydrogen-bond acceptors (Lipinski definition) is 8. The number of unbranched alkanes of at least 4 members (excludes halogenated alkanes) is 19. The van der Waals surface area contributed by atoms with Crippen LogP contribution in [-0.4, -0.2) is 60.5 Å². The van der Waals surface area contributed by atoms with E-state index in [1.54, 1.807) is 0 Å². The lowest BCUT2D eigenvalue weighted by Crippen LogP contribution is -2.34. The lowest BCUT2D eigenvalue weighted by atomic mass is 10.1. The lowest BCUT2D eigenvalue weighted by molar-refractivity contribution is -0.154. The summed E-state index contributed by atoms with van der Waals surface area (Å²) in [6.07, 6.45) is 56.6. The molecule has 0 heterocycles. The fourth-order valence-electron chi connectivity index (χ4n) is 6.27. The van der Waals surface area contributed by atoms with E-state index in [0.717, 1.165) is 89.9 Å². The minimum Gasteiger partial charge on any atom is -0.480 e. The Hall–Kier alpha value is -2.59. The summed E-state index contributed by atoms with van der Waals surface area (Å²) in [7, 11) is -4.63. The molecular weight excluding hydrogens is 790 g/mol. The van der Waals surface area contributed by atoms with Gasteiger partial charge < -0.3 is 25.2 Å². The zero-order valence-corrected chi connectivity index (χ0v) is 39.4. The second kappa shape index (κ2) is 45.4. The quantitative estimate of drug-likeness (QED) is 0.0233. The first kappa shape index (κ1) is 58.4. The first-order chi connectivity index (χ1) is 29.7. The van der Waals surface area contributed by atoms with Crippen LogP contribution in [0.1, 0.15) is 194 Å². The van der Waals surface area contributed by atoms with Crippen molar-refractivity contribution in [2.24, 2.45) is 5.73 Å². The average Bonchev–Trinajstić information content (AvgIpc) is 3.24. The number of carboxylic acids is 1. The van der Waals surface area contributed by atoms with Crippen LogP contribution in [0.3, 0.4) is 0 Å². The van der Waals surface area contributed by atoms with Crippen molar-refractivity contribution >= 4 is 19.8 Å². The van der Waals surface area contributed by atoms with Crippen molar-refractivity contribution in [2.75, 3.05) is 26.4 Å². The number of carboxylic acid groups (broad SMARTS) is 1. The molecular formula is C50H88NO9P. The van der Waals surface area contributed by atoms with E-state index in [-0.39, 0.29) is 13.0 Å². The number of rotatable bonds is 45. The van der Waals surface area contributed by atoms with Crippen LogP contribution in [0, 0.1) is 0 Å². The van der Waals surface area contributed by atoms with Gasteiger partial charge in [0.2, 0.25) is 0 Å². The number of ether oxygens (including phenoxy) is 2. The molecule has 0 aromatic carbocycles. The lowest BCUT2D eigenvalue weighted by Gasteiger charge is -2.20. The molecule has 0 radical (unpaired) electrons. The van der Waals surface area contributed by atoms with E-state index in [0.29, 0.717) is 13.0 Å². The van der Waals surface area contributed by atoms with Crippen molar-refractivity contribution in [3.8, 4) is 0 Å². The van der Waals surface area contributed by atoms with Crippen LogP contribution in [-0.2, 0) is 32.7 Å². The Bertz CT molecular complexity index is 1250. The summed E-state index contributed by atoms with van der Waals surface area (Å²) in [5.41, 5.74) is 5.37. The molecule has 11 heteroatoms. The predicted octanol–water partition coefficient (Wildman–Crippen LogP) is 13.8. The molecule has 0 rings (SSSR count). The van der Waals surface area contributed by atoms with Gasteiger partial charge in [-0.25, -0.2) is 4.57 Å². The molecule has 4 N–H and O–H groups in total. The molecule has 0 saturated carbocycles. The minimum atomic E-state index is -4.63. The Morgan fingerprint density at radius 1 is 0.541 bits per heavy atom. The molecule has 0 aliphatic rings. The van der Waals surface area contributed by atoms with Gasteiger partial charge >= 0.3 is 19.8 Å². The van der Waals surface area contributed by atoms with Crippen molar-refractivity contribution in [3.05, 3.63) is 72.9 Å². The van der Waals surface area contributed by atoms with Gasteiger partial charge in [-0.15, -0.1) is 0 Å². The molecule has 0 aromatic rings. The van der Waals surface area contributed by atoms with Crippen LogP contribution >= 0.6 is 7.82 Å². The zero-order valence-electron chi connectivity index (χ0n) is 38.5. The highest BCUT2D eigenvalue weighted by atomic mass is 31.2. The van der Waals surface area contributed by atoms with Gasteiger partial charge in [-0.3, -0.25) is 18.6 Å². The summed E-state index contributed by atoms with van der Waals surface area (Å²) in [4.78, 5) is 33.6. The van der Waals surface area contributed by atoms with Crippen LogP contribution < -0.4 is 5.73 Å². The van der Waals surface area contributed by atoms with Gasteiger partial charge in [0.1, 0.15) is 12.1 Å². The standard InChI is InChI=1S/C50H88NO9P/c1-3-5-7-9-11-13-15-17-19-21-23-25-27-29-31-33-35-37-39-41-43-57-44-47(45-58-61(55,56)59-46-48(51)50(53)54)60-49(52)42-40-38-36-34-32-30-28-26-24-22-20-18-16-14-12-10-8-6-4-2/h6,8,11-14,17-20,24,26,47-48H,3-5,7,9-10,15-16,21-23,25,27-46,51H2,1-2H3,(H,53,54)(H,55,56)/b8-6-,13-11-,14-12-,19-17-,20-18-,26-24-. The van der Waals surface area contributed by atoms with E-state index >= 15 is 0 Å². The summed E-state index contributed by atoms with van der Waals surface area (Å²) in [5.74, 6) is -1.80. The fourth-order valence-corrected chi connectivity index (χ4v) is 7.05. The number of hydrogen-bond donors (Lipinski definition) is 3. The zero-order chi connectivity index (χ0) is 44.8. The molecule has 3 atom stereocenters. The van der Waals surface area contributed by atoms with E-state index in [1.165, 1.54) is 77.0 Å². The molecule has 0 amide bonds. The Labute approximate surface area is 372 Å². The van der Waals surface area contributed by atoms with E-state index in [9.17, 15) is 19.0 Å². The van der Waals surface area contributed by atoms with E-state index < -0.39 is 45.1 Å². The normalized spacial score (nSPS) is 14.4. The second-order valence-electron chi connectivity index (χ2n) is 15.9. The molecule has 10 nitrogen and oxygen atoms in total. The third-order valence-electron chi connectivity index (χ3n) is 9.97. The van der Waals surface area contributed by atoms with E-state index in [4.69, 9.17) is 29.4 Å². The molecule has 0 aliphatic carbocycles. The van der Waals surface area contributed by atoms with Crippen molar-refractivity contribution in [3.63, 3.8) is 0 Å². The molecule has 0 saturated heterocycles. The SMILES string of the molecule is CC/C=C\C/C=C\C/C=C\C/C=C\CCCCCCCCC(=O)OC(COCCCCCCCCCCCC/C=C\C/C=C\CCCCC)COP(=O)(O)OCC(N)C(=O)O. The largest absolute Gasteiger partial charge is 0.480 e. The summed E-state index contributed by atoms with van der Waals surface area (Å²) in [6, 6.07) is -1.48. The van der Waals surface area contributed by atoms with Gasteiger partial charge in [-0.2, -0.15) is 0 Å². The van der Waals surface area contributed by atoms with Crippen molar-refractivity contribution in [2.45, 2.75) is 206 Å². The highest BCUT2D eigenvalue weighted by molar-refractivity contribution is 7.47. The summed E-state index contributed by atoms with van der Waals surface area (Å²) in [6.45, 7) is 3.72. The van der Waals surface area contributed by atoms with Crippen LogP contribution in [0.2, 0.25) is 0 Å². The molecule has 0 bridgehead atoms. The van der Waals surface area contributed by atoms with Crippen LogP contribution in [0.4, 0.5) is 0 Å². The van der Waals surface area contributed by atoms with Gasteiger partial charge in [0, 0.05) is 13.0 Å². The van der Waals surface area contributed by atoms with Gasteiger partial charge in [-0.05, 0) is 83.5 Å². The monoisotopic (exact) mass is 878 g/mol. The first-order valence-electron chi connectivity index (χ1n) is 24.0. The number of allylic oxidation sites excluding steroid dienone is 12.